The number of aliphatic hydroxyl groups excluding tert-OH is 1. The first-order valence-electron chi connectivity index (χ1n) is 15.1. The summed E-state index contributed by atoms with van der Waals surface area (Å²) < 4.78 is 21.2. The fourth-order valence-corrected chi connectivity index (χ4v) is 4.09. The molecule has 0 aromatic heterocycles. The van der Waals surface area contributed by atoms with E-state index in [0.717, 1.165) is 57.1 Å². The summed E-state index contributed by atoms with van der Waals surface area (Å²) in [5, 5.41) is 9.12. The number of carbonyl (C=O) groups excluding carboxylic acids is 4. The van der Waals surface area contributed by atoms with Gasteiger partial charge in [-0.25, -0.2) is 9.59 Å². The number of carbonyl (C=O) groups is 4. The molecule has 0 spiro atoms. The highest BCUT2D eigenvalue weighted by Gasteiger charge is 2.22. The maximum absolute atomic E-state index is 12.4. The number of esters is 4. The maximum atomic E-state index is 12.4. The number of hydrogen-bond donors (Lipinski definition) is 1. The average Bonchev–Trinajstić information content (AvgIpc) is 2.94. The van der Waals surface area contributed by atoms with Crippen molar-refractivity contribution in [1.82, 2.24) is 4.90 Å². The highest BCUT2D eigenvalue weighted by molar-refractivity contribution is 5.81. The van der Waals surface area contributed by atoms with Gasteiger partial charge in [-0.15, -0.1) is 0 Å². The zero-order valence-corrected chi connectivity index (χ0v) is 26.5. The summed E-state index contributed by atoms with van der Waals surface area (Å²) >= 11 is 0. The zero-order chi connectivity index (χ0) is 31.9. The van der Waals surface area contributed by atoms with Crippen LogP contribution >= 0.6 is 0 Å². The van der Waals surface area contributed by atoms with Crippen LogP contribution in [0.15, 0.2) is 25.3 Å². The smallest absolute Gasteiger partial charge is 0.330 e. The van der Waals surface area contributed by atoms with Crippen LogP contribution in [-0.4, -0.2) is 85.5 Å². The number of unbranched alkanes of at least 4 members (excludes halogenated alkanes) is 4. The average molecular weight is 598 g/mol. The van der Waals surface area contributed by atoms with Crippen molar-refractivity contribution in [3.05, 3.63) is 25.3 Å². The van der Waals surface area contributed by atoms with Crippen molar-refractivity contribution in [3.8, 4) is 0 Å². The summed E-state index contributed by atoms with van der Waals surface area (Å²) in [6.45, 7) is 17.2. The summed E-state index contributed by atoms with van der Waals surface area (Å²) in [5.41, 5.74) is -0.758. The Labute approximate surface area is 252 Å². The standard InChI is InChI=1S/C32H55NO9/c1-7-27(35)39-25-15-11-18-31(3,4)26-41-30(38)17-22-33(20-12-13-23-34)21-16-29(37)40-24-14-9-10-19-32(5,6)42-28(36)8-2/h7-8,34H,1-2,9-26H2,3-6H3. The molecule has 242 valence electrons. The third kappa shape index (κ3) is 22.9. The molecule has 0 aromatic rings. The van der Waals surface area contributed by atoms with Gasteiger partial charge >= 0.3 is 23.9 Å². The zero-order valence-electron chi connectivity index (χ0n) is 26.5. The van der Waals surface area contributed by atoms with Crippen LogP contribution in [0.3, 0.4) is 0 Å². The number of nitrogens with zero attached hydrogens (tertiary/aromatic N) is 1. The predicted octanol–water partition coefficient (Wildman–Crippen LogP) is 4.92. The van der Waals surface area contributed by atoms with E-state index in [2.05, 4.69) is 13.2 Å². The monoisotopic (exact) mass is 597 g/mol. The molecule has 0 aromatic carbocycles. The molecule has 0 atom stereocenters. The van der Waals surface area contributed by atoms with E-state index >= 15 is 0 Å². The van der Waals surface area contributed by atoms with E-state index < -0.39 is 17.5 Å². The first-order chi connectivity index (χ1) is 19.8. The van der Waals surface area contributed by atoms with Gasteiger partial charge in [0.15, 0.2) is 0 Å². The van der Waals surface area contributed by atoms with Crippen molar-refractivity contribution in [2.24, 2.45) is 5.41 Å². The van der Waals surface area contributed by atoms with Crippen molar-refractivity contribution in [1.29, 1.82) is 0 Å². The van der Waals surface area contributed by atoms with E-state index in [1.54, 1.807) is 0 Å². The van der Waals surface area contributed by atoms with E-state index in [4.69, 9.17) is 24.1 Å². The molecule has 0 fully saturated rings. The van der Waals surface area contributed by atoms with E-state index in [1.807, 2.05) is 32.6 Å². The lowest BCUT2D eigenvalue weighted by Crippen LogP contribution is -2.31. The molecule has 0 radical (unpaired) electrons. The summed E-state index contributed by atoms with van der Waals surface area (Å²) in [6, 6.07) is 0. The topological polar surface area (TPSA) is 129 Å². The van der Waals surface area contributed by atoms with Crippen LogP contribution in [0.5, 0.6) is 0 Å². The quantitative estimate of drug-likeness (QED) is 0.0635. The van der Waals surface area contributed by atoms with Crippen molar-refractivity contribution in [2.45, 2.75) is 104 Å². The van der Waals surface area contributed by atoms with Gasteiger partial charge in [-0.2, -0.15) is 0 Å². The van der Waals surface area contributed by atoms with Crippen molar-refractivity contribution in [3.63, 3.8) is 0 Å². The van der Waals surface area contributed by atoms with Gasteiger partial charge in [0.05, 0.1) is 32.7 Å². The van der Waals surface area contributed by atoms with Crippen LogP contribution in [0.25, 0.3) is 0 Å². The van der Waals surface area contributed by atoms with Crippen LogP contribution in [0.2, 0.25) is 0 Å². The molecule has 10 nitrogen and oxygen atoms in total. The van der Waals surface area contributed by atoms with Gasteiger partial charge in [0.2, 0.25) is 0 Å². The SMILES string of the molecule is C=CC(=O)OCCCCC(C)(C)COC(=O)CCN(CCCCO)CCC(=O)OCCCCCC(C)(C)OC(=O)C=C. The molecule has 0 rings (SSSR count). The molecule has 0 aliphatic heterocycles. The van der Waals surface area contributed by atoms with E-state index in [-0.39, 0.29) is 36.8 Å². The second-order valence-corrected chi connectivity index (χ2v) is 11.8. The number of rotatable bonds is 26. The summed E-state index contributed by atoms with van der Waals surface area (Å²) in [6.07, 6.45) is 9.65. The Morgan fingerprint density at radius 1 is 0.690 bits per heavy atom. The Balaban J connectivity index is 4.31. The van der Waals surface area contributed by atoms with Crippen LogP contribution in [0, 0.1) is 5.41 Å². The van der Waals surface area contributed by atoms with Crippen LogP contribution in [-0.2, 0) is 38.1 Å². The minimum atomic E-state index is -0.561. The van der Waals surface area contributed by atoms with Crippen molar-refractivity contribution in [2.75, 3.05) is 46.1 Å². The highest BCUT2D eigenvalue weighted by atomic mass is 16.6. The maximum Gasteiger partial charge on any atom is 0.330 e. The normalized spacial score (nSPS) is 11.6. The molecule has 42 heavy (non-hydrogen) atoms. The third-order valence-electron chi connectivity index (χ3n) is 6.66. The molecular weight excluding hydrogens is 542 g/mol. The number of hydrogen-bond acceptors (Lipinski definition) is 10. The van der Waals surface area contributed by atoms with Gasteiger partial charge in [0, 0.05) is 31.8 Å². The van der Waals surface area contributed by atoms with Crippen molar-refractivity contribution < 1.29 is 43.2 Å². The molecule has 10 heteroatoms. The van der Waals surface area contributed by atoms with Gasteiger partial charge in [0.1, 0.15) is 5.60 Å². The fraction of sp³-hybridized carbons (Fsp3) is 0.750. The van der Waals surface area contributed by atoms with Gasteiger partial charge in [-0.3, -0.25) is 9.59 Å². The van der Waals surface area contributed by atoms with Gasteiger partial charge in [-0.05, 0) is 83.6 Å². The van der Waals surface area contributed by atoms with E-state index in [9.17, 15) is 19.2 Å². The van der Waals surface area contributed by atoms with E-state index in [0.29, 0.717) is 52.3 Å². The second-order valence-electron chi connectivity index (χ2n) is 11.8. The molecule has 0 heterocycles. The molecule has 1 N–H and O–H groups in total. The lowest BCUT2D eigenvalue weighted by molar-refractivity contribution is -0.151. The molecule has 0 saturated carbocycles. The summed E-state index contributed by atoms with van der Waals surface area (Å²) in [7, 11) is 0. The minimum absolute atomic E-state index is 0.0948. The third-order valence-corrected chi connectivity index (χ3v) is 6.66. The molecular formula is C32H55NO9. The van der Waals surface area contributed by atoms with Gasteiger partial charge in [0.25, 0.3) is 0 Å². The molecule has 0 aliphatic rings. The first-order valence-corrected chi connectivity index (χ1v) is 15.1. The van der Waals surface area contributed by atoms with Crippen LogP contribution < -0.4 is 0 Å². The Morgan fingerprint density at radius 2 is 1.26 bits per heavy atom. The Bertz CT molecular complexity index is 823. The largest absolute Gasteiger partial charge is 0.466 e. The van der Waals surface area contributed by atoms with E-state index in [1.165, 1.54) is 0 Å². The Kier molecular flexibility index (Phi) is 21.3. The minimum Gasteiger partial charge on any atom is -0.466 e. The lowest BCUT2D eigenvalue weighted by atomic mass is 9.88. The fourth-order valence-electron chi connectivity index (χ4n) is 4.09. The Morgan fingerprint density at radius 3 is 1.88 bits per heavy atom. The number of ether oxygens (including phenoxy) is 4. The highest BCUT2D eigenvalue weighted by Crippen LogP contribution is 2.24. The van der Waals surface area contributed by atoms with Crippen LogP contribution in [0.1, 0.15) is 98.3 Å². The lowest BCUT2D eigenvalue weighted by Gasteiger charge is -2.25. The Hall–Kier alpha value is -2.72. The predicted molar refractivity (Wildman–Crippen MR) is 162 cm³/mol. The second kappa shape index (κ2) is 22.8. The van der Waals surface area contributed by atoms with Gasteiger partial charge in [-0.1, -0.05) is 27.0 Å². The summed E-state index contributed by atoms with van der Waals surface area (Å²) in [4.78, 5) is 49.2. The molecule has 0 saturated heterocycles. The molecule has 0 bridgehead atoms. The van der Waals surface area contributed by atoms with Gasteiger partial charge < -0.3 is 29.0 Å². The molecule has 0 aliphatic carbocycles. The summed E-state index contributed by atoms with van der Waals surface area (Å²) in [5.74, 6) is -1.44. The van der Waals surface area contributed by atoms with Crippen LogP contribution in [0.4, 0.5) is 0 Å². The molecule has 0 unspecified atom stereocenters. The molecule has 0 amide bonds. The van der Waals surface area contributed by atoms with Crippen molar-refractivity contribution >= 4 is 23.9 Å². The first kappa shape index (κ1) is 39.3. The number of aliphatic hydroxyl groups is 1.